The Bertz CT molecular complexity index is 4070. The third kappa shape index (κ3) is 15.1. The van der Waals surface area contributed by atoms with E-state index in [9.17, 15) is 0 Å². The highest BCUT2D eigenvalue weighted by atomic mass is 14.9. The lowest BCUT2D eigenvalue weighted by atomic mass is 9.91. The van der Waals surface area contributed by atoms with Crippen LogP contribution in [0.4, 0.5) is 0 Å². The molecule has 2 heterocycles. The fraction of sp³-hybridized carbons (Fsp3) is 0.293. The largest absolute Gasteiger partial charge is 0.344 e. The predicted molar refractivity (Wildman–Crippen MR) is 389 cm³/mol. The molecule has 0 fully saturated rings. The normalized spacial score (nSPS) is 9.90. The van der Waals surface area contributed by atoms with Crippen molar-refractivity contribution in [1.29, 1.82) is 0 Å². The molecular formula is C82H104N2. The van der Waals surface area contributed by atoms with E-state index in [0.717, 1.165) is 0 Å². The Balaban J connectivity index is 0.000000273. The van der Waals surface area contributed by atoms with Gasteiger partial charge in [-0.05, 0) is 164 Å². The second-order valence-corrected chi connectivity index (χ2v) is 19.0. The van der Waals surface area contributed by atoms with Crippen LogP contribution in [0.3, 0.4) is 0 Å². The fourth-order valence-corrected chi connectivity index (χ4v) is 11.0. The van der Waals surface area contributed by atoms with Crippen LogP contribution >= 0.6 is 0 Å². The zero-order valence-corrected chi connectivity index (χ0v) is 56.4. The van der Waals surface area contributed by atoms with Crippen LogP contribution < -0.4 is 0 Å². The van der Waals surface area contributed by atoms with Crippen LogP contribution in [0.15, 0.2) is 194 Å². The molecule has 2 nitrogen and oxygen atoms in total. The maximum absolute atomic E-state index is 2.33. The van der Waals surface area contributed by atoms with Gasteiger partial charge < -0.3 is 9.13 Å². The molecule has 0 N–H and O–H groups in total. The van der Waals surface area contributed by atoms with Gasteiger partial charge in [-0.3, -0.25) is 0 Å². The second-order valence-electron chi connectivity index (χ2n) is 19.0. The molecule has 0 bridgehead atoms. The van der Waals surface area contributed by atoms with Gasteiger partial charge >= 0.3 is 0 Å². The van der Waals surface area contributed by atoms with E-state index in [0.29, 0.717) is 0 Å². The van der Waals surface area contributed by atoms with Gasteiger partial charge in [0.15, 0.2) is 0 Å². The van der Waals surface area contributed by atoms with E-state index in [1.165, 1.54) is 142 Å². The summed E-state index contributed by atoms with van der Waals surface area (Å²) in [6, 6.07) is 70.4. The predicted octanol–water partition coefficient (Wildman–Crippen LogP) is 26.5. The Morgan fingerprint density at radius 1 is 0.202 bits per heavy atom. The molecule has 0 amide bonds. The van der Waals surface area contributed by atoms with Gasteiger partial charge in [-0.2, -0.15) is 0 Å². The number of hydrogen-bond acceptors (Lipinski definition) is 0. The first-order chi connectivity index (χ1) is 41.0. The van der Waals surface area contributed by atoms with Crippen LogP contribution in [-0.4, -0.2) is 9.13 Å². The van der Waals surface area contributed by atoms with E-state index >= 15 is 0 Å². The van der Waals surface area contributed by atoms with Gasteiger partial charge in [0.25, 0.3) is 0 Å². The highest BCUT2D eigenvalue weighted by Crippen LogP contribution is 2.38. The SMILES string of the molecule is CC.CC.CC.CC.CC.CC.CC.CC.Cc1cc2c3ccccc3c(C)cc2c2ccccc12.Cc1ccc2c(c1)c1ccccc1n2C.Cc1ccc2c3ccccc3n(C)c2c1.Cc1ccc2ccc3c(C)ccc4ccc1c2c43. The number of nitrogens with zero attached hydrogens (tertiary/aromatic N) is 2. The highest BCUT2D eigenvalue weighted by Gasteiger charge is 2.12. The van der Waals surface area contributed by atoms with Crippen LogP contribution in [0, 0.1) is 41.5 Å². The van der Waals surface area contributed by atoms with Crippen molar-refractivity contribution in [2.24, 2.45) is 14.1 Å². The minimum atomic E-state index is 1.30. The first kappa shape index (κ1) is 70.3. The number of fused-ring (bicyclic) bond motifs is 11. The molecule has 0 aliphatic carbocycles. The topological polar surface area (TPSA) is 9.86 Å². The summed E-state index contributed by atoms with van der Waals surface area (Å²) in [5.74, 6) is 0. The van der Waals surface area contributed by atoms with Crippen LogP contribution in [0.1, 0.15) is 144 Å². The number of rotatable bonds is 0. The number of aromatic nitrogens is 2. The number of hydrogen-bond donors (Lipinski definition) is 0. The lowest BCUT2D eigenvalue weighted by Gasteiger charge is -2.13. The fourth-order valence-electron chi connectivity index (χ4n) is 11.0. The van der Waals surface area contributed by atoms with Crippen molar-refractivity contribution in [2.75, 3.05) is 0 Å². The van der Waals surface area contributed by atoms with Crippen LogP contribution in [0.5, 0.6) is 0 Å². The summed E-state index contributed by atoms with van der Waals surface area (Å²) in [5.41, 5.74) is 13.3. The Labute approximate surface area is 508 Å². The van der Waals surface area contributed by atoms with Gasteiger partial charge in [0.1, 0.15) is 0 Å². The Morgan fingerprint density at radius 2 is 0.500 bits per heavy atom. The van der Waals surface area contributed by atoms with E-state index in [1.54, 1.807) is 0 Å². The summed E-state index contributed by atoms with van der Waals surface area (Å²) >= 11 is 0. The smallest absolute Gasteiger partial charge is 0.0491 e. The lowest BCUT2D eigenvalue weighted by Crippen LogP contribution is -1.87. The van der Waals surface area contributed by atoms with Crippen LogP contribution in [0.25, 0.3) is 108 Å². The van der Waals surface area contributed by atoms with Gasteiger partial charge in [-0.25, -0.2) is 0 Å². The van der Waals surface area contributed by atoms with Gasteiger partial charge in [-0.15, -0.1) is 0 Å². The molecule has 0 saturated heterocycles. The van der Waals surface area contributed by atoms with E-state index in [-0.39, 0.29) is 0 Å². The number of aryl methyl sites for hydroxylation is 8. The van der Waals surface area contributed by atoms with Gasteiger partial charge in [0.05, 0.1) is 0 Å². The van der Waals surface area contributed by atoms with Gasteiger partial charge in [-0.1, -0.05) is 280 Å². The molecular weight excluding hydrogens is 1010 g/mol. The molecule has 14 aromatic rings. The Morgan fingerprint density at radius 3 is 0.929 bits per heavy atom. The summed E-state index contributed by atoms with van der Waals surface area (Å²) in [4.78, 5) is 0. The summed E-state index contributed by atoms with van der Waals surface area (Å²) in [6.45, 7) is 45.1. The van der Waals surface area contributed by atoms with Crippen molar-refractivity contribution in [3.63, 3.8) is 0 Å². The van der Waals surface area contributed by atoms with E-state index in [1.807, 2.05) is 111 Å². The molecule has 0 aliphatic heterocycles. The summed E-state index contributed by atoms with van der Waals surface area (Å²) in [5, 5.41) is 21.9. The third-order valence-corrected chi connectivity index (χ3v) is 14.5. The molecule has 14 rings (SSSR count). The van der Waals surface area contributed by atoms with Gasteiger partial charge in [0, 0.05) is 57.7 Å². The minimum absolute atomic E-state index is 1.30. The monoisotopic (exact) mass is 1120 g/mol. The van der Waals surface area contributed by atoms with E-state index in [4.69, 9.17) is 0 Å². The molecule has 12 aromatic carbocycles. The Kier molecular flexibility index (Phi) is 29.5. The average Bonchev–Trinajstić information content (AvgIpc) is 2.36. The van der Waals surface area contributed by atoms with Crippen molar-refractivity contribution < 1.29 is 0 Å². The zero-order valence-electron chi connectivity index (χ0n) is 56.4. The van der Waals surface area contributed by atoms with Crippen molar-refractivity contribution in [3.05, 3.63) is 228 Å². The van der Waals surface area contributed by atoms with Crippen molar-refractivity contribution >= 4 is 108 Å². The minimum Gasteiger partial charge on any atom is -0.344 e. The van der Waals surface area contributed by atoms with Crippen molar-refractivity contribution in [3.8, 4) is 0 Å². The third-order valence-electron chi connectivity index (χ3n) is 14.5. The number of benzene rings is 12. The Hall–Kier alpha value is -7.94. The first-order valence-corrected chi connectivity index (χ1v) is 31.9. The molecule has 0 atom stereocenters. The van der Waals surface area contributed by atoms with E-state index in [2.05, 4.69) is 259 Å². The van der Waals surface area contributed by atoms with Gasteiger partial charge in [0.2, 0.25) is 0 Å². The molecule has 2 aromatic heterocycles. The quantitative estimate of drug-likeness (QED) is 0.134. The molecule has 0 unspecified atom stereocenters. The molecule has 0 saturated carbocycles. The molecule has 2 heteroatoms. The summed E-state index contributed by atoms with van der Waals surface area (Å²) in [6.07, 6.45) is 0. The maximum atomic E-state index is 2.33. The standard InChI is InChI=1S/C20H16.C18H14.2C14H13N.8C2H6/c1-13-11-19-18-10-6-4-8-16(18)14(2)12-20(19)17-9-5-3-7-15(13)17;1-11-3-5-13-8-10-16-12(2)4-6-14-7-9-15(11)17(13)18(14)16;1-10-7-8-14-12(9-10)11-5-3-4-6-13(11)15(14)2;1-10-7-8-12-11-5-3-4-6-13(11)15(2)14(12)9-10;8*1-2/h3-12H,1-2H3;3-10H,1-2H3;2*3-9H,1-2H3;8*1-2H3. The maximum Gasteiger partial charge on any atom is 0.0491 e. The summed E-state index contributed by atoms with van der Waals surface area (Å²) < 4.78 is 4.52. The molecule has 0 aliphatic rings. The van der Waals surface area contributed by atoms with Crippen LogP contribution in [-0.2, 0) is 14.1 Å². The van der Waals surface area contributed by atoms with Crippen LogP contribution in [0.2, 0.25) is 0 Å². The molecule has 442 valence electrons. The highest BCUT2D eigenvalue weighted by molar-refractivity contribution is 6.24. The zero-order chi connectivity index (χ0) is 62.8. The van der Waals surface area contributed by atoms with Crippen molar-refractivity contribution in [2.45, 2.75) is 152 Å². The molecule has 0 radical (unpaired) electrons. The van der Waals surface area contributed by atoms with E-state index < -0.39 is 0 Å². The summed E-state index contributed by atoms with van der Waals surface area (Å²) in [7, 11) is 4.25. The van der Waals surface area contributed by atoms with Crippen molar-refractivity contribution in [1.82, 2.24) is 9.13 Å². The number of para-hydroxylation sites is 2. The lowest BCUT2D eigenvalue weighted by molar-refractivity contribution is 1.01. The molecule has 0 spiro atoms. The second kappa shape index (κ2) is 35.3. The molecule has 84 heavy (non-hydrogen) atoms. The average molecular weight is 1120 g/mol. The first-order valence-electron chi connectivity index (χ1n) is 31.9.